The van der Waals surface area contributed by atoms with Gasteiger partial charge in [0, 0.05) is 31.3 Å². The molecule has 0 bridgehead atoms. The molecular weight excluding hydrogens is 452 g/mol. The minimum absolute atomic E-state index is 0.0139. The number of carbonyl (C=O) groups excluding carboxylic acids is 1. The van der Waals surface area contributed by atoms with E-state index in [1.165, 1.54) is 12.1 Å². The number of amides is 1. The summed E-state index contributed by atoms with van der Waals surface area (Å²) in [6.07, 6.45) is -3.03. The normalized spacial score (nSPS) is 15.9. The molecular formula is C16H20F4N4O6S. The van der Waals surface area contributed by atoms with Gasteiger partial charge in [-0.1, -0.05) is 0 Å². The van der Waals surface area contributed by atoms with Crippen molar-refractivity contribution < 1.29 is 45.4 Å². The van der Waals surface area contributed by atoms with Crippen molar-refractivity contribution >= 4 is 21.9 Å². The Labute approximate surface area is 174 Å². The first-order valence-electron chi connectivity index (χ1n) is 8.55. The molecule has 2 heterocycles. The fourth-order valence-corrected chi connectivity index (χ4v) is 3.42. The van der Waals surface area contributed by atoms with Crippen LogP contribution < -0.4 is 15.8 Å². The quantitative estimate of drug-likeness (QED) is 0.504. The van der Waals surface area contributed by atoms with Gasteiger partial charge in [0.2, 0.25) is 21.8 Å². The van der Waals surface area contributed by atoms with E-state index in [2.05, 4.69) is 10.3 Å². The molecule has 10 nitrogen and oxygen atoms in total. The number of ether oxygens (including phenoxy) is 1. The molecule has 174 valence electrons. The molecule has 0 radical (unpaired) electrons. The lowest BCUT2D eigenvalue weighted by Gasteiger charge is -2.18. The van der Waals surface area contributed by atoms with Crippen molar-refractivity contribution in [2.45, 2.75) is 17.5 Å². The van der Waals surface area contributed by atoms with Gasteiger partial charge in [0.05, 0.1) is 19.1 Å². The average molecular weight is 472 g/mol. The molecule has 15 heteroatoms. The second-order valence-electron chi connectivity index (χ2n) is 5.94. The Morgan fingerprint density at radius 2 is 2.03 bits per heavy atom. The third-order valence-corrected chi connectivity index (χ3v) is 5.47. The van der Waals surface area contributed by atoms with Crippen molar-refractivity contribution in [3.05, 3.63) is 30.2 Å². The van der Waals surface area contributed by atoms with Crippen LogP contribution in [0.1, 0.15) is 6.42 Å². The van der Waals surface area contributed by atoms with Crippen LogP contribution in [0.4, 0.5) is 17.6 Å². The third kappa shape index (κ3) is 8.47. The topological polar surface area (TPSA) is 152 Å². The lowest BCUT2D eigenvalue weighted by Crippen LogP contribution is -2.37. The highest BCUT2D eigenvalue weighted by Crippen LogP contribution is 2.18. The van der Waals surface area contributed by atoms with E-state index in [0.29, 0.717) is 19.3 Å². The highest BCUT2D eigenvalue weighted by molar-refractivity contribution is 7.89. The van der Waals surface area contributed by atoms with E-state index in [-0.39, 0.29) is 48.5 Å². The lowest BCUT2D eigenvalue weighted by atomic mass is 10.3. The van der Waals surface area contributed by atoms with Crippen LogP contribution in [0.2, 0.25) is 0 Å². The Morgan fingerprint density at radius 1 is 1.39 bits per heavy atom. The van der Waals surface area contributed by atoms with E-state index < -0.39 is 22.2 Å². The maximum Gasteiger partial charge on any atom is 0.490 e. The SMILES string of the molecule is NC/C(=C\F)COc1ccc(S(=O)(=O)N2CCCNC(=O)C2)cn1.O=C(O)C(F)(F)F. The summed E-state index contributed by atoms with van der Waals surface area (Å²) in [6, 6.07) is 2.71. The van der Waals surface area contributed by atoms with E-state index in [9.17, 15) is 30.8 Å². The molecule has 0 atom stereocenters. The molecule has 1 fully saturated rings. The van der Waals surface area contributed by atoms with E-state index in [1.54, 1.807) is 0 Å². The van der Waals surface area contributed by atoms with Gasteiger partial charge in [0.25, 0.3) is 0 Å². The largest absolute Gasteiger partial charge is 0.490 e. The fraction of sp³-hybridized carbons (Fsp3) is 0.438. The molecule has 1 saturated heterocycles. The number of carbonyl (C=O) groups is 2. The molecule has 0 spiro atoms. The van der Waals surface area contributed by atoms with Crippen molar-refractivity contribution in [2.24, 2.45) is 5.73 Å². The zero-order valence-electron chi connectivity index (χ0n) is 15.9. The second kappa shape index (κ2) is 11.6. The minimum Gasteiger partial charge on any atom is -0.475 e. The summed E-state index contributed by atoms with van der Waals surface area (Å²) in [5.74, 6) is -2.95. The third-order valence-electron chi connectivity index (χ3n) is 3.64. The number of carboxylic acids is 1. The van der Waals surface area contributed by atoms with Gasteiger partial charge in [-0.05, 0) is 12.5 Å². The number of hydrogen-bond donors (Lipinski definition) is 3. The van der Waals surface area contributed by atoms with E-state index in [4.69, 9.17) is 20.4 Å². The number of aromatic nitrogens is 1. The van der Waals surface area contributed by atoms with Gasteiger partial charge in [-0.15, -0.1) is 0 Å². The van der Waals surface area contributed by atoms with Crippen LogP contribution >= 0.6 is 0 Å². The van der Waals surface area contributed by atoms with Gasteiger partial charge < -0.3 is 20.9 Å². The first-order valence-corrected chi connectivity index (χ1v) is 9.99. The Bertz CT molecular complexity index is 890. The van der Waals surface area contributed by atoms with Crippen LogP contribution in [-0.4, -0.2) is 73.7 Å². The molecule has 4 N–H and O–H groups in total. The first-order chi connectivity index (χ1) is 14.4. The predicted octanol–water partition coefficient (Wildman–Crippen LogP) is 0.416. The number of carboxylic acid groups (broad SMARTS) is 1. The Balaban J connectivity index is 0.000000592. The van der Waals surface area contributed by atoms with Crippen LogP contribution in [0.25, 0.3) is 0 Å². The van der Waals surface area contributed by atoms with Gasteiger partial charge >= 0.3 is 12.1 Å². The molecule has 1 aliphatic rings. The number of aliphatic carboxylic acids is 1. The van der Waals surface area contributed by atoms with Crippen molar-refractivity contribution in [3.8, 4) is 5.88 Å². The zero-order valence-corrected chi connectivity index (χ0v) is 16.7. The molecule has 31 heavy (non-hydrogen) atoms. The van der Waals surface area contributed by atoms with Crippen LogP contribution in [0.5, 0.6) is 5.88 Å². The number of sulfonamides is 1. The number of pyridine rings is 1. The Hall–Kier alpha value is -2.78. The first kappa shape index (κ1) is 26.3. The molecule has 0 aliphatic carbocycles. The van der Waals surface area contributed by atoms with E-state index >= 15 is 0 Å². The molecule has 1 aromatic heterocycles. The standard InChI is InChI=1S/C14H19FN4O4S.C2HF3O2/c15-6-11(7-16)10-23-14-3-2-12(8-18-14)24(21,22)19-5-1-4-17-13(20)9-19;3-2(4,5)1(6)7/h2-3,6,8H,1,4-5,7,9-10,16H2,(H,17,20);(H,6,7)/b11-6+;. The van der Waals surface area contributed by atoms with E-state index in [1.807, 2.05) is 0 Å². The van der Waals surface area contributed by atoms with E-state index in [0.717, 1.165) is 10.5 Å². The molecule has 1 aliphatic heterocycles. The Morgan fingerprint density at radius 3 is 2.52 bits per heavy atom. The smallest absolute Gasteiger partial charge is 0.475 e. The molecule has 0 saturated carbocycles. The molecule has 0 aromatic carbocycles. The number of nitrogens with two attached hydrogens (primary N) is 1. The number of rotatable bonds is 6. The second-order valence-corrected chi connectivity index (χ2v) is 7.88. The highest BCUT2D eigenvalue weighted by atomic mass is 32.2. The highest BCUT2D eigenvalue weighted by Gasteiger charge is 2.38. The van der Waals surface area contributed by atoms with Crippen molar-refractivity contribution in [2.75, 3.05) is 32.8 Å². The van der Waals surface area contributed by atoms with Gasteiger partial charge in [-0.3, -0.25) is 4.79 Å². The predicted molar refractivity (Wildman–Crippen MR) is 98.1 cm³/mol. The number of halogens is 4. The molecule has 2 rings (SSSR count). The maximum atomic E-state index is 12.5. The number of hydrogen-bond acceptors (Lipinski definition) is 7. The van der Waals surface area contributed by atoms with Gasteiger partial charge in [0.1, 0.15) is 11.5 Å². The number of alkyl halides is 3. The summed E-state index contributed by atoms with van der Waals surface area (Å²) in [6.45, 7) is 0.419. The van der Waals surface area contributed by atoms with Gasteiger partial charge in [-0.25, -0.2) is 22.6 Å². The maximum absolute atomic E-state index is 12.5. The summed E-state index contributed by atoms with van der Waals surface area (Å²) in [4.78, 5) is 24.3. The monoisotopic (exact) mass is 472 g/mol. The van der Waals surface area contributed by atoms with Crippen LogP contribution in [0, 0.1) is 0 Å². The average Bonchev–Trinajstić information content (AvgIpc) is 2.94. The van der Waals surface area contributed by atoms with Crippen molar-refractivity contribution in [1.82, 2.24) is 14.6 Å². The summed E-state index contributed by atoms with van der Waals surface area (Å²) in [5.41, 5.74) is 5.56. The Kier molecular flexibility index (Phi) is 9.80. The summed E-state index contributed by atoms with van der Waals surface area (Å²) in [7, 11) is -3.81. The number of nitrogens with one attached hydrogen (secondary N) is 1. The molecule has 0 unspecified atom stereocenters. The van der Waals surface area contributed by atoms with Crippen LogP contribution in [0.3, 0.4) is 0 Å². The van der Waals surface area contributed by atoms with Crippen molar-refractivity contribution in [1.29, 1.82) is 0 Å². The molecule has 1 aromatic rings. The van der Waals surface area contributed by atoms with Crippen LogP contribution in [0.15, 0.2) is 35.1 Å². The number of nitrogens with zero attached hydrogens (tertiary/aromatic N) is 2. The lowest BCUT2D eigenvalue weighted by molar-refractivity contribution is -0.192. The zero-order chi connectivity index (χ0) is 23.7. The van der Waals surface area contributed by atoms with Gasteiger partial charge in [0.15, 0.2) is 0 Å². The summed E-state index contributed by atoms with van der Waals surface area (Å²) in [5, 5.41) is 9.74. The van der Waals surface area contributed by atoms with Crippen molar-refractivity contribution in [3.63, 3.8) is 0 Å². The summed E-state index contributed by atoms with van der Waals surface area (Å²) < 4.78 is 75.6. The van der Waals surface area contributed by atoms with Crippen LogP contribution in [-0.2, 0) is 19.6 Å². The van der Waals surface area contributed by atoms with Gasteiger partial charge in [-0.2, -0.15) is 17.5 Å². The molecule has 1 amide bonds. The minimum atomic E-state index is -5.08. The summed E-state index contributed by atoms with van der Waals surface area (Å²) >= 11 is 0. The fourth-order valence-electron chi connectivity index (χ4n) is 2.04.